The molecule has 0 unspecified atom stereocenters. The van der Waals surface area contributed by atoms with Gasteiger partial charge in [-0.15, -0.1) is 0 Å². The molecule has 65 heavy (non-hydrogen) atoms. The molecule has 5 nitrogen and oxygen atoms in total. The van der Waals surface area contributed by atoms with Crippen LogP contribution in [0, 0.1) is 0 Å². The Morgan fingerprint density at radius 1 is 0.308 bits per heavy atom. The third-order valence-electron chi connectivity index (χ3n) is 12.4. The van der Waals surface area contributed by atoms with Gasteiger partial charge in [-0.05, 0) is 144 Å². The summed E-state index contributed by atoms with van der Waals surface area (Å²) in [5.74, 6) is 0. The molecule has 5 heteroatoms. The van der Waals surface area contributed by atoms with Crippen LogP contribution in [-0.2, 0) is 0 Å². The minimum Gasteiger partial charge on any atom is -0.310 e. The van der Waals surface area contributed by atoms with Crippen LogP contribution in [0.4, 0.5) is 34.1 Å². The van der Waals surface area contributed by atoms with Crippen LogP contribution in [0.15, 0.2) is 249 Å². The minimum absolute atomic E-state index is 0.918. The summed E-state index contributed by atoms with van der Waals surface area (Å²) in [6, 6.07) is 84.6. The fourth-order valence-electron chi connectivity index (χ4n) is 9.44. The van der Waals surface area contributed by atoms with Crippen LogP contribution in [0.3, 0.4) is 0 Å². The van der Waals surface area contributed by atoms with Crippen molar-refractivity contribution in [1.29, 1.82) is 0 Å². The van der Waals surface area contributed by atoms with Crippen molar-refractivity contribution in [2.75, 3.05) is 9.80 Å². The van der Waals surface area contributed by atoms with Gasteiger partial charge in [0, 0.05) is 73.8 Å². The second-order valence-corrected chi connectivity index (χ2v) is 16.3. The third-order valence-corrected chi connectivity index (χ3v) is 12.4. The van der Waals surface area contributed by atoms with Crippen molar-refractivity contribution >= 4 is 77.7 Å². The van der Waals surface area contributed by atoms with Crippen LogP contribution in [0.1, 0.15) is 0 Å². The Bertz CT molecular complexity index is 3430. The van der Waals surface area contributed by atoms with Gasteiger partial charge in [0.1, 0.15) is 0 Å². The van der Waals surface area contributed by atoms with Gasteiger partial charge in [-0.1, -0.05) is 115 Å². The molecule has 0 aliphatic rings. The first kappa shape index (κ1) is 37.9. The number of para-hydroxylation sites is 4. The molecule has 0 aliphatic carbocycles. The van der Waals surface area contributed by atoms with E-state index < -0.39 is 0 Å². The van der Waals surface area contributed by atoms with E-state index in [0.717, 1.165) is 94.9 Å². The highest BCUT2D eigenvalue weighted by molar-refractivity contribution is 6.13. The normalized spacial score (nSPS) is 11.4. The van der Waals surface area contributed by atoms with Gasteiger partial charge < -0.3 is 14.4 Å². The summed E-state index contributed by atoms with van der Waals surface area (Å²) >= 11 is 0. The zero-order chi connectivity index (χ0) is 43.1. The van der Waals surface area contributed by atoms with E-state index in [1.165, 1.54) is 10.8 Å². The molecule has 0 spiro atoms. The monoisotopic (exact) mass is 831 g/mol. The molecule has 0 N–H and O–H groups in total. The minimum atomic E-state index is 0.918. The number of pyridine rings is 2. The molecule has 0 bridgehead atoms. The van der Waals surface area contributed by atoms with E-state index in [1.807, 2.05) is 24.5 Å². The summed E-state index contributed by atoms with van der Waals surface area (Å²) in [6.07, 6.45) is 3.69. The largest absolute Gasteiger partial charge is 0.310 e. The van der Waals surface area contributed by atoms with E-state index >= 15 is 0 Å². The van der Waals surface area contributed by atoms with Gasteiger partial charge in [-0.3, -0.25) is 9.97 Å². The average molecular weight is 832 g/mol. The van der Waals surface area contributed by atoms with Crippen molar-refractivity contribution in [2.45, 2.75) is 0 Å². The molecule has 9 aromatic carbocycles. The molecule has 0 aliphatic heterocycles. The maximum absolute atomic E-state index is 4.77. The molecule has 12 rings (SSSR count). The average Bonchev–Trinajstić information content (AvgIpc) is 3.70. The maximum Gasteiger partial charge on any atom is 0.0970 e. The van der Waals surface area contributed by atoms with E-state index in [-0.39, 0.29) is 0 Å². The number of benzene rings is 9. The lowest BCUT2D eigenvalue weighted by atomic mass is 9.95. The molecule has 0 atom stereocenters. The topological polar surface area (TPSA) is 37.2 Å². The van der Waals surface area contributed by atoms with E-state index in [2.05, 4.69) is 244 Å². The van der Waals surface area contributed by atoms with E-state index in [0.29, 0.717) is 0 Å². The Morgan fingerprint density at radius 3 is 1.34 bits per heavy atom. The molecule has 0 saturated heterocycles. The summed E-state index contributed by atoms with van der Waals surface area (Å²) in [7, 11) is 0. The van der Waals surface area contributed by atoms with Gasteiger partial charge in [0.15, 0.2) is 0 Å². The Kier molecular flexibility index (Phi) is 9.42. The van der Waals surface area contributed by atoms with Crippen molar-refractivity contribution in [3.05, 3.63) is 249 Å². The molecular weight excluding hydrogens is 791 g/mol. The highest BCUT2D eigenvalue weighted by atomic mass is 15.1. The number of nitrogens with zero attached hydrogens (tertiary/aromatic N) is 5. The zero-order valence-corrected chi connectivity index (χ0v) is 35.4. The predicted molar refractivity (Wildman–Crippen MR) is 272 cm³/mol. The fraction of sp³-hybridized carbons (Fsp3) is 0. The molecule has 0 fully saturated rings. The van der Waals surface area contributed by atoms with Crippen LogP contribution in [0.25, 0.3) is 71.6 Å². The second kappa shape index (κ2) is 16.2. The summed E-state index contributed by atoms with van der Waals surface area (Å²) in [4.78, 5) is 14.1. The van der Waals surface area contributed by atoms with Crippen molar-refractivity contribution in [1.82, 2.24) is 14.5 Å². The third kappa shape index (κ3) is 6.83. The zero-order valence-electron chi connectivity index (χ0n) is 35.4. The van der Waals surface area contributed by atoms with Gasteiger partial charge in [0.2, 0.25) is 0 Å². The summed E-state index contributed by atoms with van der Waals surface area (Å²) < 4.78 is 2.41. The molecule has 0 saturated carbocycles. The Labute approximate surface area is 377 Å². The lowest BCUT2D eigenvalue weighted by molar-refractivity contribution is 1.18. The van der Waals surface area contributed by atoms with Gasteiger partial charge >= 0.3 is 0 Å². The first-order valence-corrected chi connectivity index (χ1v) is 22.0. The number of fused-ring (bicyclic) bond motifs is 6. The summed E-state index contributed by atoms with van der Waals surface area (Å²) in [5.41, 5.74) is 16.4. The van der Waals surface area contributed by atoms with Crippen molar-refractivity contribution in [3.63, 3.8) is 0 Å². The van der Waals surface area contributed by atoms with Crippen LogP contribution < -0.4 is 9.80 Å². The lowest BCUT2D eigenvalue weighted by Crippen LogP contribution is -2.09. The van der Waals surface area contributed by atoms with Gasteiger partial charge in [0.25, 0.3) is 0 Å². The summed E-state index contributed by atoms with van der Waals surface area (Å²) in [5, 5.41) is 4.51. The van der Waals surface area contributed by atoms with Gasteiger partial charge in [0.05, 0.1) is 22.1 Å². The molecule has 0 amide bonds. The van der Waals surface area contributed by atoms with Crippen LogP contribution >= 0.6 is 0 Å². The van der Waals surface area contributed by atoms with Crippen molar-refractivity contribution < 1.29 is 0 Å². The number of anilines is 6. The number of rotatable bonds is 9. The molecular formula is C60H41N5. The van der Waals surface area contributed by atoms with Gasteiger partial charge in [-0.2, -0.15) is 0 Å². The lowest BCUT2D eigenvalue weighted by Gasteiger charge is -2.26. The Hall–Kier alpha value is -8.80. The first-order valence-electron chi connectivity index (χ1n) is 22.0. The Morgan fingerprint density at radius 2 is 0.800 bits per heavy atom. The van der Waals surface area contributed by atoms with Crippen LogP contribution in [-0.4, -0.2) is 14.5 Å². The van der Waals surface area contributed by atoms with Crippen molar-refractivity contribution in [2.24, 2.45) is 0 Å². The van der Waals surface area contributed by atoms with Crippen LogP contribution in [0.5, 0.6) is 0 Å². The van der Waals surface area contributed by atoms with Crippen molar-refractivity contribution in [3.8, 4) is 27.9 Å². The van der Waals surface area contributed by atoms with Crippen LogP contribution in [0.2, 0.25) is 0 Å². The van der Waals surface area contributed by atoms with Gasteiger partial charge in [-0.25, -0.2) is 0 Å². The summed E-state index contributed by atoms with van der Waals surface area (Å²) in [6.45, 7) is 0. The number of aromatic nitrogens is 3. The van der Waals surface area contributed by atoms with E-state index in [4.69, 9.17) is 4.98 Å². The smallest absolute Gasteiger partial charge is 0.0970 e. The quantitative estimate of drug-likeness (QED) is 0.136. The predicted octanol–water partition coefficient (Wildman–Crippen LogP) is 16.2. The highest BCUT2D eigenvalue weighted by Gasteiger charge is 2.20. The fourth-order valence-corrected chi connectivity index (χ4v) is 9.44. The molecule has 3 aromatic heterocycles. The molecule has 12 aromatic rings. The number of hydrogen-bond acceptors (Lipinski definition) is 4. The molecule has 0 radical (unpaired) electrons. The maximum atomic E-state index is 4.77. The number of hydrogen-bond donors (Lipinski definition) is 0. The second-order valence-electron chi connectivity index (χ2n) is 16.3. The first-order chi connectivity index (χ1) is 32.2. The van der Waals surface area contributed by atoms with E-state index in [1.54, 1.807) is 0 Å². The highest BCUT2D eigenvalue weighted by Crippen LogP contribution is 2.43. The molecule has 306 valence electrons. The Balaban J connectivity index is 1.01. The SMILES string of the molecule is c1ccc(N(c2ccccc2)c2ccc3c(c2)c2cc(N(c4ccccc4)c4ccccc4)ccc2n3-c2ccc(-c3cccc(-c4cc5cccnc5c5ncccc45)c3)cc2)cc1. The molecule has 3 heterocycles. The standard InChI is InChI=1S/C60H41N5/c1-5-19-46(20-6-1)63(47-21-7-2-8-22-47)51-32-34-57-55(40-51)56-41-52(64(48-23-9-3-10-24-48)49-25-11-4-12-26-49)33-35-58(56)65(57)50-30-28-42(29-31-50)43-16-13-17-44(38-43)54-39-45-18-14-36-61-59(45)60-53(54)27-15-37-62-60/h1-41H. The van der Waals surface area contributed by atoms with E-state index in [9.17, 15) is 0 Å².